The molecule has 0 aliphatic heterocycles. The first-order chi connectivity index (χ1) is 8.57. The molecule has 0 aromatic heterocycles. The fourth-order valence-electron chi connectivity index (χ4n) is 1.95. The number of nitrogens with zero attached hydrogens (tertiary/aromatic N) is 1. The van der Waals surface area contributed by atoms with Crippen LogP contribution in [0.4, 0.5) is 0 Å². The van der Waals surface area contributed by atoms with Crippen LogP contribution in [0.15, 0.2) is 17.0 Å². The van der Waals surface area contributed by atoms with E-state index in [0.717, 1.165) is 16.0 Å². The zero-order chi connectivity index (χ0) is 14.8. The fraction of sp³-hybridized carbons (Fsp3) is 0.562. The summed E-state index contributed by atoms with van der Waals surface area (Å²) in [4.78, 5) is 1.05. The number of thioether (sulfide) groups is 1. The van der Waals surface area contributed by atoms with Gasteiger partial charge in [0.05, 0.1) is 11.8 Å². The van der Waals surface area contributed by atoms with Crippen LogP contribution in [-0.2, 0) is 10.8 Å². The van der Waals surface area contributed by atoms with E-state index in [1.165, 1.54) is 11.8 Å². The average molecular weight is 277 g/mol. The number of hydrogen-bond donors (Lipinski definition) is 1. The first-order valence-corrected chi connectivity index (χ1v) is 7.43. The summed E-state index contributed by atoms with van der Waals surface area (Å²) in [6, 6.07) is 6.16. The van der Waals surface area contributed by atoms with Gasteiger partial charge in [-0.2, -0.15) is 5.26 Å². The molecule has 1 N–H and O–H groups in total. The van der Waals surface area contributed by atoms with Gasteiger partial charge in [-0.25, -0.2) is 0 Å². The Labute approximate surface area is 120 Å². The predicted molar refractivity (Wildman–Crippen MR) is 81.8 cm³/mol. The lowest BCUT2D eigenvalue weighted by atomic mass is 9.79. The number of hydrogen-bond acceptors (Lipinski definition) is 3. The Kier molecular flexibility index (Phi) is 4.58. The summed E-state index contributed by atoms with van der Waals surface area (Å²) in [5, 5.41) is 19.3. The Balaban J connectivity index is 3.44. The number of aromatic hydroxyl groups is 1. The zero-order valence-electron chi connectivity index (χ0n) is 12.7. The van der Waals surface area contributed by atoms with Crippen molar-refractivity contribution in [2.24, 2.45) is 0 Å². The van der Waals surface area contributed by atoms with E-state index in [0.29, 0.717) is 11.5 Å². The summed E-state index contributed by atoms with van der Waals surface area (Å²) in [5.41, 5.74) is 1.65. The second kappa shape index (κ2) is 5.46. The quantitative estimate of drug-likeness (QED) is 0.803. The monoisotopic (exact) mass is 277 g/mol. The summed E-state index contributed by atoms with van der Waals surface area (Å²) in [6.07, 6.45) is 0. The van der Waals surface area contributed by atoms with Crippen LogP contribution in [0.5, 0.6) is 5.75 Å². The number of phenols is 1. The molecule has 0 bridgehead atoms. The Morgan fingerprint density at radius 3 is 1.79 bits per heavy atom. The van der Waals surface area contributed by atoms with Crippen LogP contribution in [0.2, 0.25) is 0 Å². The SMILES string of the molecule is CC(C)(C)c1cc(SCC#N)cc(C(C)(C)C)c1O. The third-order valence-corrected chi connectivity index (χ3v) is 3.85. The molecule has 0 aliphatic rings. The van der Waals surface area contributed by atoms with Gasteiger partial charge in [-0.3, -0.25) is 0 Å². The maximum Gasteiger partial charge on any atom is 0.123 e. The van der Waals surface area contributed by atoms with E-state index < -0.39 is 0 Å². The van der Waals surface area contributed by atoms with Gasteiger partial charge in [0.1, 0.15) is 5.75 Å². The number of benzene rings is 1. The minimum Gasteiger partial charge on any atom is -0.507 e. The molecule has 0 heterocycles. The lowest BCUT2D eigenvalue weighted by molar-refractivity contribution is 0.422. The Morgan fingerprint density at radius 2 is 1.47 bits per heavy atom. The van der Waals surface area contributed by atoms with E-state index in [9.17, 15) is 5.11 Å². The van der Waals surface area contributed by atoms with Crippen LogP contribution >= 0.6 is 11.8 Å². The lowest BCUT2D eigenvalue weighted by Crippen LogP contribution is -2.17. The smallest absolute Gasteiger partial charge is 0.123 e. The van der Waals surface area contributed by atoms with E-state index in [1.54, 1.807) is 0 Å². The molecule has 0 amide bonds. The van der Waals surface area contributed by atoms with Crippen molar-refractivity contribution in [3.8, 4) is 11.8 Å². The van der Waals surface area contributed by atoms with Crippen LogP contribution in [0.3, 0.4) is 0 Å². The van der Waals surface area contributed by atoms with Crippen LogP contribution in [0.1, 0.15) is 52.7 Å². The van der Waals surface area contributed by atoms with Crippen molar-refractivity contribution in [3.05, 3.63) is 23.3 Å². The zero-order valence-corrected chi connectivity index (χ0v) is 13.5. The van der Waals surface area contributed by atoms with Crippen molar-refractivity contribution >= 4 is 11.8 Å². The molecule has 0 radical (unpaired) electrons. The van der Waals surface area contributed by atoms with Crippen LogP contribution in [0.25, 0.3) is 0 Å². The molecule has 0 saturated heterocycles. The standard InChI is InChI=1S/C16H23NOS/c1-15(2,3)12-9-11(19-8-7-17)10-13(14(12)18)16(4,5)6/h9-10,18H,8H2,1-6H3. The van der Waals surface area contributed by atoms with Crippen LogP contribution in [0, 0.1) is 11.3 Å². The third kappa shape index (κ3) is 3.91. The molecule has 0 atom stereocenters. The predicted octanol–water partition coefficient (Wildman–Crippen LogP) is 4.60. The molecule has 3 heteroatoms. The summed E-state index contributed by atoms with van der Waals surface area (Å²) < 4.78 is 0. The normalized spacial score (nSPS) is 12.3. The van der Waals surface area contributed by atoms with Gasteiger partial charge in [0, 0.05) is 16.0 Å². The van der Waals surface area contributed by atoms with Gasteiger partial charge >= 0.3 is 0 Å². The van der Waals surface area contributed by atoms with Crippen molar-refractivity contribution in [2.45, 2.75) is 57.3 Å². The summed E-state index contributed by atoms with van der Waals surface area (Å²) >= 11 is 1.52. The molecule has 0 unspecified atom stereocenters. The molecule has 0 aliphatic carbocycles. The molecular formula is C16H23NOS. The second-order valence-corrected chi connectivity index (χ2v) is 7.86. The molecule has 104 valence electrons. The van der Waals surface area contributed by atoms with Gasteiger partial charge in [-0.15, -0.1) is 11.8 Å². The van der Waals surface area contributed by atoms with Crippen molar-refractivity contribution in [2.75, 3.05) is 5.75 Å². The molecule has 2 nitrogen and oxygen atoms in total. The van der Waals surface area contributed by atoms with E-state index in [-0.39, 0.29) is 10.8 Å². The van der Waals surface area contributed by atoms with Crippen LogP contribution in [-0.4, -0.2) is 10.9 Å². The van der Waals surface area contributed by atoms with Crippen molar-refractivity contribution in [3.63, 3.8) is 0 Å². The summed E-state index contributed by atoms with van der Waals surface area (Å²) in [5.74, 6) is 0.819. The number of rotatable bonds is 2. The largest absolute Gasteiger partial charge is 0.507 e. The van der Waals surface area contributed by atoms with E-state index >= 15 is 0 Å². The summed E-state index contributed by atoms with van der Waals surface area (Å²) in [7, 11) is 0. The minimum absolute atomic E-state index is 0.118. The lowest BCUT2D eigenvalue weighted by Gasteiger charge is -2.28. The Bertz CT molecular complexity index is 466. The van der Waals surface area contributed by atoms with Crippen molar-refractivity contribution in [1.82, 2.24) is 0 Å². The topological polar surface area (TPSA) is 44.0 Å². The second-order valence-electron chi connectivity index (χ2n) is 6.81. The molecular weight excluding hydrogens is 254 g/mol. The van der Waals surface area contributed by atoms with E-state index in [2.05, 4.69) is 47.6 Å². The number of phenolic OH excluding ortho intramolecular Hbond substituents is 1. The van der Waals surface area contributed by atoms with Crippen molar-refractivity contribution < 1.29 is 5.11 Å². The molecule has 19 heavy (non-hydrogen) atoms. The van der Waals surface area contributed by atoms with Gasteiger partial charge in [-0.05, 0) is 23.0 Å². The highest BCUT2D eigenvalue weighted by atomic mass is 32.2. The minimum atomic E-state index is -0.118. The molecule has 1 rings (SSSR count). The molecule has 1 aromatic carbocycles. The third-order valence-electron chi connectivity index (χ3n) is 3.00. The highest BCUT2D eigenvalue weighted by molar-refractivity contribution is 7.99. The Hall–Kier alpha value is -1.14. The summed E-state index contributed by atoms with van der Waals surface area (Å²) in [6.45, 7) is 12.5. The maximum atomic E-state index is 10.5. The highest BCUT2D eigenvalue weighted by Gasteiger charge is 2.26. The van der Waals surface area contributed by atoms with Gasteiger partial charge in [-0.1, -0.05) is 41.5 Å². The van der Waals surface area contributed by atoms with Gasteiger partial charge in [0.25, 0.3) is 0 Å². The van der Waals surface area contributed by atoms with Gasteiger partial charge in [0.15, 0.2) is 0 Å². The van der Waals surface area contributed by atoms with Gasteiger partial charge < -0.3 is 5.11 Å². The Morgan fingerprint density at radius 1 is 1.05 bits per heavy atom. The first-order valence-electron chi connectivity index (χ1n) is 6.45. The van der Waals surface area contributed by atoms with Crippen molar-refractivity contribution in [1.29, 1.82) is 5.26 Å². The van der Waals surface area contributed by atoms with E-state index in [4.69, 9.17) is 5.26 Å². The first kappa shape index (κ1) is 15.9. The highest BCUT2D eigenvalue weighted by Crippen LogP contribution is 2.41. The van der Waals surface area contributed by atoms with Crippen LogP contribution < -0.4 is 0 Å². The number of nitriles is 1. The molecule has 0 saturated carbocycles. The average Bonchev–Trinajstić information content (AvgIpc) is 2.24. The fourth-order valence-corrected chi connectivity index (χ4v) is 2.58. The van der Waals surface area contributed by atoms with E-state index in [1.807, 2.05) is 12.1 Å². The molecule has 0 spiro atoms. The molecule has 0 fully saturated rings. The molecule has 1 aromatic rings. The van der Waals surface area contributed by atoms with Gasteiger partial charge in [0.2, 0.25) is 0 Å². The maximum absolute atomic E-state index is 10.5.